The standard InChI is InChI=1S/C4H6F3NO/c1-2(3(8)9)4(5,6)7/h2H,1H3,(H2,8,9). The first-order valence-electron chi connectivity index (χ1n) is 2.21. The molecule has 0 aromatic rings. The zero-order valence-electron chi connectivity index (χ0n) is 4.70. The van der Waals surface area contributed by atoms with E-state index in [1.165, 1.54) is 0 Å². The molecule has 5 heteroatoms. The molecule has 0 radical (unpaired) electrons. The molecule has 0 saturated heterocycles. The lowest BCUT2D eigenvalue weighted by Crippen LogP contribution is -2.32. The fraction of sp³-hybridized carbons (Fsp3) is 0.750. The van der Waals surface area contributed by atoms with E-state index in [4.69, 9.17) is 0 Å². The lowest BCUT2D eigenvalue weighted by atomic mass is 10.2. The van der Waals surface area contributed by atoms with Gasteiger partial charge in [0.2, 0.25) is 5.91 Å². The van der Waals surface area contributed by atoms with Crippen LogP contribution in [0.15, 0.2) is 0 Å². The SMILES string of the molecule is CC(C(N)=O)C(F)(F)F. The number of carbonyl (C=O) groups is 1. The minimum Gasteiger partial charge on any atom is -0.369 e. The number of nitrogens with two attached hydrogens (primary N) is 1. The third-order valence-electron chi connectivity index (χ3n) is 0.918. The molecule has 9 heavy (non-hydrogen) atoms. The first-order chi connectivity index (χ1) is 3.85. The van der Waals surface area contributed by atoms with E-state index in [1.807, 2.05) is 0 Å². The second-order valence-corrected chi connectivity index (χ2v) is 1.67. The van der Waals surface area contributed by atoms with Crippen molar-refractivity contribution in [1.82, 2.24) is 0 Å². The zero-order chi connectivity index (χ0) is 7.65. The molecule has 0 rings (SSSR count). The number of hydrogen-bond acceptors (Lipinski definition) is 1. The van der Waals surface area contributed by atoms with Crippen molar-refractivity contribution < 1.29 is 18.0 Å². The highest BCUT2D eigenvalue weighted by Gasteiger charge is 2.39. The average molecular weight is 141 g/mol. The fourth-order valence-corrected chi connectivity index (χ4v) is 0.161. The van der Waals surface area contributed by atoms with Gasteiger partial charge in [-0.3, -0.25) is 4.79 Å². The summed E-state index contributed by atoms with van der Waals surface area (Å²) in [6, 6.07) is 0. The summed E-state index contributed by atoms with van der Waals surface area (Å²) < 4.78 is 34.2. The van der Waals surface area contributed by atoms with E-state index in [-0.39, 0.29) is 0 Å². The van der Waals surface area contributed by atoms with Crippen molar-refractivity contribution in [2.75, 3.05) is 0 Å². The third kappa shape index (κ3) is 2.34. The van der Waals surface area contributed by atoms with Crippen molar-refractivity contribution in [3.63, 3.8) is 0 Å². The van der Waals surface area contributed by atoms with Gasteiger partial charge in [-0.05, 0) is 6.92 Å². The maximum atomic E-state index is 11.4. The number of halogens is 3. The summed E-state index contributed by atoms with van der Waals surface area (Å²) in [6.07, 6.45) is -4.49. The van der Waals surface area contributed by atoms with Crippen molar-refractivity contribution in [2.24, 2.45) is 11.7 Å². The van der Waals surface area contributed by atoms with Crippen molar-refractivity contribution >= 4 is 5.91 Å². The Kier molecular flexibility index (Phi) is 2.06. The Morgan fingerprint density at radius 1 is 1.56 bits per heavy atom. The largest absolute Gasteiger partial charge is 0.400 e. The Morgan fingerprint density at radius 3 is 1.89 bits per heavy atom. The smallest absolute Gasteiger partial charge is 0.369 e. The maximum absolute atomic E-state index is 11.4. The van der Waals surface area contributed by atoms with Crippen LogP contribution in [-0.2, 0) is 4.79 Å². The van der Waals surface area contributed by atoms with Crippen LogP contribution in [0.25, 0.3) is 0 Å². The Labute approximate surface area is 49.8 Å². The zero-order valence-corrected chi connectivity index (χ0v) is 4.70. The Bertz CT molecular complexity index is 119. The quantitative estimate of drug-likeness (QED) is 0.573. The Balaban J connectivity index is 4.04. The Morgan fingerprint density at radius 2 is 1.89 bits per heavy atom. The molecule has 2 N–H and O–H groups in total. The maximum Gasteiger partial charge on any atom is 0.400 e. The average Bonchev–Trinajstić information content (AvgIpc) is 1.62. The first-order valence-corrected chi connectivity index (χ1v) is 2.21. The van der Waals surface area contributed by atoms with E-state index in [9.17, 15) is 18.0 Å². The summed E-state index contributed by atoms with van der Waals surface area (Å²) in [6.45, 7) is 0.725. The topological polar surface area (TPSA) is 43.1 Å². The highest BCUT2D eigenvalue weighted by molar-refractivity contribution is 5.76. The van der Waals surface area contributed by atoms with Crippen molar-refractivity contribution in [3.8, 4) is 0 Å². The molecule has 0 saturated carbocycles. The summed E-state index contributed by atoms with van der Waals surface area (Å²) in [5.74, 6) is -3.39. The molecule has 1 unspecified atom stereocenters. The molecule has 54 valence electrons. The van der Waals surface area contributed by atoms with Crippen LogP contribution in [0.3, 0.4) is 0 Å². The minimum atomic E-state index is -4.49. The van der Waals surface area contributed by atoms with Gasteiger partial charge in [-0.25, -0.2) is 0 Å². The van der Waals surface area contributed by atoms with Crippen LogP contribution in [0.1, 0.15) is 6.92 Å². The lowest BCUT2D eigenvalue weighted by molar-refractivity contribution is -0.176. The summed E-state index contributed by atoms with van der Waals surface area (Å²) >= 11 is 0. The van der Waals surface area contributed by atoms with Crippen LogP contribution >= 0.6 is 0 Å². The van der Waals surface area contributed by atoms with E-state index in [0.29, 0.717) is 0 Å². The van der Waals surface area contributed by atoms with Gasteiger partial charge in [0.1, 0.15) is 5.92 Å². The van der Waals surface area contributed by atoms with E-state index in [2.05, 4.69) is 5.73 Å². The molecule has 0 bridgehead atoms. The summed E-state index contributed by atoms with van der Waals surface area (Å²) in [7, 11) is 0. The monoisotopic (exact) mass is 141 g/mol. The van der Waals surface area contributed by atoms with E-state index in [1.54, 1.807) is 0 Å². The molecule has 0 aliphatic heterocycles. The van der Waals surface area contributed by atoms with Gasteiger partial charge in [0.25, 0.3) is 0 Å². The van der Waals surface area contributed by atoms with Crippen LogP contribution in [0, 0.1) is 5.92 Å². The van der Waals surface area contributed by atoms with Gasteiger partial charge < -0.3 is 5.73 Å². The molecule has 0 aliphatic carbocycles. The second kappa shape index (κ2) is 2.24. The van der Waals surface area contributed by atoms with Crippen molar-refractivity contribution in [2.45, 2.75) is 13.1 Å². The lowest BCUT2D eigenvalue weighted by Gasteiger charge is -2.10. The van der Waals surface area contributed by atoms with Crippen LogP contribution in [0.2, 0.25) is 0 Å². The van der Waals surface area contributed by atoms with E-state index >= 15 is 0 Å². The Hall–Kier alpha value is -0.740. The molecule has 0 fully saturated rings. The summed E-state index contributed by atoms with van der Waals surface area (Å²) in [5.41, 5.74) is 4.36. The van der Waals surface area contributed by atoms with Gasteiger partial charge >= 0.3 is 6.18 Å². The summed E-state index contributed by atoms with van der Waals surface area (Å²) in [4.78, 5) is 9.85. The summed E-state index contributed by atoms with van der Waals surface area (Å²) in [5, 5.41) is 0. The van der Waals surface area contributed by atoms with Crippen molar-refractivity contribution in [3.05, 3.63) is 0 Å². The molecular weight excluding hydrogens is 135 g/mol. The number of amides is 1. The van der Waals surface area contributed by atoms with Gasteiger partial charge in [0.05, 0.1) is 0 Å². The van der Waals surface area contributed by atoms with Gasteiger partial charge in [-0.1, -0.05) is 0 Å². The van der Waals surface area contributed by atoms with E-state index < -0.39 is 18.0 Å². The van der Waals surface area contributed by atoms with Crippen LogP contribution in [0.4, 0.5) is 13.2 Å². The van der Waals surface area contributed by atoms with Crippen LogP contribution in [-0.4, -0.2) is 12.1 Å². The second-order valence-electron chi connectivity index (χ2n) is 1.67. The number of carbonyl (C=O) groups excluding carboxylic acids is 1. The molecule has 0 heterocycles. The highest BCUT2D eigenvalue weighted by Crippen LogP contribution is 2.24. The number of rotatable bonds is 1. The highest BCUT2D eigenvalue weighted by atomic mass is 19.4. The van der Waals surface area contributed by atoms with Crippen molar-refractivity contribution in [1.29, 1.82) is 0 Å². The fourth-order valence-electron chi connectivity index (χ4n) is 0.161. The van der Waals surface area contributed by atoms with Gasteiger partial charge in [0, 0.05) is 0 Å². The van der Waals surface area contributed by atoms with Crippen LogP contribution < -0.4 is 5.73 Å². The normalized spacial score (nSPS) is 15.1. The molecule has 1 amide bonds. The van der Waals surface area contributed by atoms with E-state index in [0.717, 1.165) is 6.92 Å². The molecular formula is C4H6F3NO. The predicted molar refractivity (Wildman–Crippen MR) is 24.4 cm³/mol. The first kappa shape index (κ1) is 8.26. The minimum absolute atomic E-state index is 0.725. The van der Waals surface area contributed by atoms with Gasteiger partial charge in [0.15, 0.2) is 0 Å². The van der Waals surface area contributed by atoms with Gasteiger partial charge in [-0.15, -0.1) is 0 Å². The molecule has 2 nitrogen and oxygen atoms in total. The molecule has 0 aromatic carbocycles. The molecule has 0 aliphatic rings. The predicted octanol–water partition coefficient (Wildman–Crippen LogP) is 0.670. The molecule has 0 spiro atoms. The third-order valence-corrected chi connectivity index (χ3v) is 0.918. The van der Waals surface area contributed by atoms with Gasteiger partial charge in [-0.2, -0.15) is 13.2 Å². The number of alkyl halides is 3. The molecule has 0 aromatic heterocycles. The number of primary amides is 1. The number of hydrogen-bond donors (Lipinski definition) is 1. The molecule has 1 atom stereocenters. The van der Waals surface area contributed by atoms with Crippen LogP contribution in [0.5, 0.6) is 0 Å².